The summed E-state index contributed by atoms with van der Waals surface area (Å²) in [5, 5.41) is 10.6. The molecule has 0 unspecified atom stereocenters. The highest BCUT2D eigenvalue weighted by molar-refractivity contribution is 5.92. The summed E-state index contributed by atoms with van der Waals surface area (Å²) in [4.78, 5) is 12.1. The van der Waals surface area contributed by atoms with E-state index in [0.717, 1.165) is 22.4 Å². The number of nitrogens with zero attached hydrogens (tertiary/aromatic N) is 2. The third kappa shape index (κ3) is 4.03. The number of aromatic nitrogens is 2. The number of aryl methyl sites for hydroxylation is 2. The first kappa shape index (κ1) is 16.7. The molecule has 0 aliphatic carbocycles. The van der Waals surface area contributed by atoms with E-state index in [1.165, 1.54) is 0 Å². The van der Waals surface area contributed by atoms with Crippen LogP contribution in [0.15, 0.2) is 46.9 Å². The maximum absolute atomic E-state index is 12.1. The second kappa shape index (κ2) is 7.17. The van der Waals surface area contributed by atoms with Crippen molar-refractivity contribution >= 4 is 11.6 Å². The molecule has 1 amide bonds. The van der Waals surface area contributed by atoms with Crippen molar-refractivity contribution in [3.63, 3.8) is 0 Å². The summed E-state index contributed by atoms with van der Waals surface area (Å²) in [6.45, 7) is 5.66. The lowest BCUT2D eigenvalue weighted by Crippen LogP contribution is -2.20. The van der Waals surface area contributed by atoms with Crippen LogP contribution in [0.4, 0.5) is 5.69 Å². The van der Waals surface area contributed by atoms with Crippen molar-refractivity contribution < 1.29 is 13.9 Å². The van der Waals surface area contributed by atoms with Crippen LogP contribution in [0.5, 0.6) is 5.75 Å². The number of carbonyl (C=O) groups is 1. The Balaban J connectivity index is 1.58. The van der Waals surface area contributed by atoms with Gasteiger partial charge < -0.3 is 14.5 Å². The SMILES string of the molecule is Cc1nnc(-c2ccc(OCC(=O)Nc3cccc(C)c3C)cc2)o1. The molecule has 6 nitrogen and oxygen atoms in total. The number of carbonyl (C=O) groups excluding carboxylic acids is 1. The van der Waals surface area contributed by atoms with E-state index in [2.05, 4.69) is 15.5 Å². The van der Waals surface area contributed by atoms with Crippen LogP contribution >= 0.6 is 0 Å². The molecule has 1 aromatic heterocycles. The normalized spacial score (nSPS) is 10.5. The Morgan fingerprint density at radius 3 is 2.52 bits per heavy atom. The number of hydrogen-bond acceptors (Lipinski definition) is 5. The minimum Gasteiger partial charge on any atom is -0.484 e. The highest BCUT2D eigenvalue weighted by Gasteiger charge is 2.08. The van der Waals surface area contributed by atoms with Gasteiger partial charge in [0.1, 0.15) is 5.75 Å². The molecule has 0 bridgehead atoms. The van der Waals surface area contributed by atoms with Gasteiger partial charge in [-0.25, -0.2) is 0 Å². The predicted molar refractivity (Wildman–Crippen MR) is 94.5 cm³/mol. The minimum absolute atomic E-state index is 0.0631. The van der Waals surface area contributed by atoms with Crippen LogP contribution in [-0.2, 0) is 4.79 Å². The summed E-state index contributed by atoms with van der Waals surface area (Å²) in [5.41, 5.74) is 3.78. The Bertz CT molecular complexity index is 885. The van der Waals surface area contributed by atoms with E-state index in [4.69, 9.17) is 9.15 Å². The lowest BCUT2D eigenvalue weighted by Gasteiger charge is -2.11. The first-order valence-electron chi connectivity index (χ1n) is 7.92. The van der Waals surface area contributed by atoms with Gasteiger partial charge in [-0.1, -0.05) is 12.1 Å². The molecule has 0 spiro atoms. The lowest BCUT2D eigenvalue weighted by atomic mass is 10.1. The molecule has 1 heterocycles. The molecule has 0 saturated heterocycles. The van der Waals surface area contributed by atoms with Crippen molar-refractivity contribution in [3.05, 3.63) is 59.5 Å². The first-order chi connectivity index (χ1) is 12.0. The molecule has 0 saturated carbocycles. The molecular formula is C19H19N3O3. The smallest absolute Gasteiger partial charge is 0.262 e. The Labute approximate surface area is 145 Å². The van der Waals surface area contributed by atoms with Gasteiger partial charge in [0.15, 0.2) is 6.61 Å². The Kier molecular flexibility index (Phi) is 4.79. The highest BCUT2D eigenvalue weighted by atomic mass is 16.5. The maximum atomic E-state index is 12.1. The van der Waals surface area contributed by atoms with Crippen LogP contribution in [0.2, 0.25) is 0 Å². The van der Waals surface area contributed by atoms with E-state index in [1.54, 1.807) is 19.1 Å². The maximum Gasteiger partial charge on any atom is 0.262 e. The lowest BCUT2D eigenvalue weighted by molar-refractivity contribution is -0.118. The van der Waals surface area contributed by atoms with Crippen LogP contribution in [-0.4, -0.2) is 22.7 Å². The zero-order valence-electron chi connectivity index (χ0n) is 14.4. The average molecular weight is 337 g/mol. The summed E-state index contributed by atoms with van der Waals surface area (Å²) < 4.78 is 10.9. The van der Waals surface area contributed by atoms with Crippen molar-refractivity contribution in [2.75, 3.05) is 11.9 Å². The molecule has 6 heteroatoms. The third-order valence-electron chi connectivity index (χ3n) is 3.88. The predicted octanol–water partition coefficient (Wildman–Crippen LogP) is 3.68. The highest BCUT2D eigenvalue weighted by Crippen LogP contribution is 2.21. The van der Waals surface area contributed by atoms with Gasteiger partial charge in [0.2, 0.25) is 11.8 Å². The van der Waals surface area contributed by atoms with Gasteiger partial charge in [-0.2, -0.15) is 0 Å². The summed E-state index contributed by atoms with van der Waals surface area (Å²) in [6.07, 6.45) is 0. The van der Waals surface area contributed by atoms with E-state index < -0.39 is 0 Å². The number of ether oxygens (including phenoxy) is 1. The van der Waals surface area contributed by atoms with Crippen LogP contribution in [0.25, 0.3) is 11.5 Å². The summed E-state index contributed by atoms with van der Waals surface area (Å²) in [7, 11) is 0. The number of hydrogen-bond donors (Lipinski definition) is 1. The van der Waals surface area contributed by atoms with Gasteiger partial charge in [-0.3, -0.25) is 4.79 Å². The molecule has 25 heavy (non-hydrogen) atoms. The van der Waals surface area contributed by atoms with Gasteiger partial charge in [0.05, 0.1) is 0 Å². The van der Waals surface area contributed by atoms with Crippen molar-refractivity contribution in [2.45, 2.75) is 20.8 Å². The number of rotatable bonds is 5. The molecule has 0 aliphatic heterocycles. The fraction of sp³-hybridized carbons (Fsp3) is 0.211. The van der Waals surface area contributed by atoms with Gasteiger partial charge in [-0.15, -0.1) is 10.2 Å². The largest absolute Gasteiger partial charge is 0.484 e. The first-order valence-corrected chi connectivity index (χ1v) is 7.92. The van der Waals surface area contributed by atoms with Gasteiger partial charge >= 0.3 is 0 Å². The third-order valence-corrected chi connectivity index (χ3v) is 3.88. The van der Waals surface area contributed by atoms with Crippen molar-refractivity contribution in [1.29, 1.82) is 0 Å². The molecule has 0 radical (unpaired) electrons. The Morgan fingerprint density at radius 2 is 1.84 bits per heavy atom. The molecule has 3 rings (SSSR count). The zero-order valence-corrected chi connectivity index (χ0v) is 14.4. The molecule has 0 atom stereocenters. The Morgan fingerprint density at radius 1 is 1.08 bits per heavy atom. The van der Waals surface area contributed by atoms with Crippen molar-refractivity contribution in [2.24, 2.45) is 0 Å². The van der Waals surface area contributed by atoms with Crippen molar-refractivity contribution in [1.82, 2.24) is 10.2 Å². The number of amides is 1. The fourth-order valence-corrected chi connectivity index (χ4v) is 2.33. The van der Waals surface area contributed by atoms with Crippen LogP contribution in [0, 0.1) is 20.8 Å². The van der Waals surface area contributed by atoms with Crippen molar-refractivity contribution in [3.8, 4) is 17.2 Å². The summed E-state index contributed by atoms with van der Waals surface area (Å²) >= 11 is 0. The van der Waals surface area contributed by atoms with E-state index in [9.17, 15) is 4.79 Å². The molecule has 2 aromatic carbocycles. The monoisotopic (exact) mass is 337 g/mol. The van der Waals surface area contributed by atoms with Gasteiger partial charge in [-0.05, 0) is 55.3 Å². The molecule has 3 aromatic rings. The zero-order chi connectivity index (χ0) is 17.8. The number of anilines is 1. The van der Waals surface area contributed by atoms with Crippen LogP contribution < -0.4 is 10.1 Å². The number of nitrogens with one attached hydrogen (secondary N) is 1. The van der Waals surface area contributed by atoms with E-state index in [0.29, 0.717) is 17.5 Å². The average Bonchev–Trinajstić information content (AvgIpc) is 3.04. The quantitative estimate of drug-likeness (QED) is 0.768. The van der Waals surface area contributed by atoms with E-state index >= 15 is 0 Å². The molecule has 0 aliphatic rings. The minimum atomic E-state index is -0.203. The topological polar surface area (TPSA) is 77.2 Å². The van der Waals surface area contributed by atoms with Crippen LogP contribution in [0.3, 0.4) is 0 Å². The van der Waals surface area contributed by atoms with E-state index in [-0.39, 0.29) is 12.5 Å². The summed E-state index contributed by atoms with van der Waals surface area (Å²) in [5.74, 6) is 1.36. The fourth-order valence-electron chi connectivity index (χ4n) is 2.33. The molecule has 128 valence electrons. The second-order valence-electron chi connectivity index (χ2n) is 5.73. The second-order valence-corrected chi connectivity index (χ2v) is 5.73. The van der Waals surface area contributed by atoms with Gasteiger partial charge in [0, 0.05) is 18.2 Å². The molecular weight excluding hydrogens is 318 g/mol. The van der Waals surface area contributed by atoms with Gasteiger partial charge in [0.25, 0.3) is 5.91 Å². The summed E-state index contributed by atoms with van der Waals surface area (Å²) in [6, 6.07) is 12.9. The standard InChI is InChI=1S/C19H19N3O3/c1-12-5-4-6-17(13(12)2)20-18(23)11-24-16-9-7-15(8-10-16)19-22-21-14(3)25-19/h4-10H,11H2,1-3H3,(H,20,23). The molecule has 1 N–H and O–H groups in total. The van der Waals surface area contributed by atoms with E-state index in [1.807, 2.05) is 44.2 Å². The molecule has 0 fully saturated rings. The number of benzene rings is 2. The Hall–Kier alpha value is -3.15. The van der Waals surface area contributed by atoms with Crippen LogP contribution in [0.1, 0.15) is 17.0 Å².